The maximum atomic E-state index is 13.2. The van der Waals surface area contributed by atoms with Crippen molar-refractivity contribution in [1.82, 2.24) is 4.31 Å². The molecule has 33 heavy (non-hydrogen) atoms. The number of amides is 2. The van der Waals surface area contributed by atoms with Gasteiger partial charge in [-0.3, -0.25) is 0 Å². The van der Waals surface area contributed by atoms with E-state index in [1.54, 1.807) is 36.4 Å². The minimum Gasteiger partial charge on any atom is -0.379 e. The Bertz CT molecular complexity index is 1150. The van der Waals surface area contributed by atoms with Crippen molar-refractivity contribution in [1.29, 1.82) is 5.26 Å². The quantitative estimate of drug-likeness (QED) is 0.695. The summed E-state index contributed by atoms with van der Waals surface area (Å²) in [6.45, 7) is 2.98. The first-order valence-electron chi connectivity index (χ1n) is 11.0. The van der Waals surface area contributed by atoms with E-state index in [4.69, 9.17) is 4.74 Å². The topological polar surface area (TPSA) is 115 Å². The van der Waals surface area contributed by atoms with Crippen LogP contribution in [0.5, 0.6) is 0 Å². The van der Waals surface area contributed by atoms with Crippen LogP contribution in [0, 0.1) is 11.3 Å². The van der Waals surface area contributed by atoms with E-state index >= 15 is 0 Å². The van der Waals surface area contributed by atoms with Gasteiger partial charge in [0.15, 0.2) is 0 Å². The Hall–Kier alpha value is -3.13. The standard InChI is InChI=1S/C23H27N5O4S/c24-17-18-6-2-3-7-20(18)25-23(29)26-21-16-19(33(30,31)28-12-14-32-15-13-28)8-9-22(21)27-10-4-1-5-11-27/h2-3,6-9,16H,1,4-5,10-15H2,(H2,25,26,29). The van der Waals surface area contributed by atoms with Crippen LogP contribution in [0.2, 0.25) is 0 Å². The lowest BCUT2D eigenvalue weighted by Gasteiger charge is -2.31. The van der Waals surface area contributed by atoms with E-state index in [1.807, 2.05) is 6.07 Å². The zero-order valence-corrected chi connectivity index (χ0v) is 19.1. The Kier molecular flexibility index (Phi) is 7.13. The maximum absolute atomic E-state index is 13.2. The van der Waals surface area contributed by atoms with Gasteiger partial charge in [0.25, 0.3) is 0 Å². The number of urea groups is 1. The van der Waals surface area contributed by atoms with Crippen LogP contribution in [-0.2, 0) is 14.8 Å². The number of sulfonamides is 1. The summed E-state index contributed by atoms with van der Waals surface area (Å²) < 4.78 is 33.0. The molecule has 174 valence electrons. The average Bonchev–Trinajstić information content (AvgIpc) is 2.85. The monoisotopic (exact) mass is 469 g/mol. The van der Waals surface area contributed by atoms with Crippen molar-refractivity contribution in [3.8, 4) is 6.07 Å². The number of hydrogen-bond acceptors (Lipinski definition) is 6. The number of nitrogens with zero attached hydrogens (tertiary/aromatic N) is 3. The first-order valence-corrected chi connectivity index (χ1v) is 12.5. The molecular weight excluding hydrogens is 442 g/mol. The fraction of sp³-hybridized carbons (Fsp3) is 0.391. The summed E-state index contributed by atoms with van der Waals surface area (Å²) in [4.78, 5) is 15.1. The Morgan fingerprint density at radius 3 is 2.36 bits per heavy atom. The van der Waals surface area contributed by atoms with Crippen LogP contribution in [0.4, 0.5) is 21.9 Å². The molecule has 4 rings (SSSR count). The third-order valence-corrected chi connectivity index (χ3v) is 7.71. The van der Waals surface area contributed by atoms with Crippen LogP contribution in [0.25, 0.3) is 0 Å². The smallest absolute Gasteiger partial charge is 0.323 e. The molecule has 0 saturated carbocycles. The highest BCUT2D eigenvalue weighted by Crippen LogP contribution is 2.32. The Morgan fingerprint density at radius 2 is 1.64 bits per heavy atom. The SMILES string of the molecule is N#Cc1ccccc1NC(=O)Nc1cc(S(=O)(=O)N2CCOCC2)ccc1N1CCCCC1. The molecule has 9 nitrogen and oxygen atoms in total. The van der Waals surface area contributed by atoms with Gasteiger partial charge in [0.2, 0.25) is 10.0 Å². The molecular formula is C23H27N5O4S. The summed E-state index contributed by atoms with van der Waals surface area (Å²) in [5.74, 6) is 0. The molecule has 0 aromatic heterocycles. The van der Waals surface area contributed by atoms with E-state index in [-0.39, 0.29) is 4.90 Å². The lowest BCUT2D eigenvalue weighted by molar-refractivity contribution is 0.0730. The van der Waals surface area contributed by atoms with Crippen LogP contribution in [0.15, 0.2) is 47.4 Å². The molecule has 2 N–H and O–H groups in total. The van der Waals surface area contributed by atoms with Crippen LogP contribution in [0.3, 0.4) is 0 Å². The number of benzene rings is 2. The van der Waals surface area contributed by atoms with E-state index < -0.39 is 16.1 Å². The van der Waals surface area contributed by atoms with Gasteiger partial charge in [-0.15, -0.1) is 0 Å². The highest BCUT2D eigenvalue weighted by Gasteiger charge is 2.28. The predicted octanol–water partition coefficient (Wildman–Crippen LogP) is 3.21. The van der Waals surface area contributed by atoms with Gasteiger partial charge in [0.1, 0.15) is 6.07 Å². The maximum Gasteiger partial charge on any atom is 0.323 e. The number of carbonyl (C=O) groups is 1. The van der Waals surface area contributed by atoms with Crippen LogP contribution in [-0.4, -0.2) is 58.1 Å². The number of hydrogen-bond donors (Lipinski definition) is 2. The molecule has 2 aliphatic heterocycles. The molecule has 0 bridgehead atoms. The van der Waals surface area contributed by atoms with Crippen molar-refractivity contribution >= 4 is 33.1 Å². The highest BCUT2D eigenvalue weighted by atomic mass is 32.2. The van der Waals surface area contributed by atoms with E-state index in [2.05, 4.69) is 15.5 Å². The molecule has 0 atom stereocenters. The molecule has 10 heteroatoms. The summed E-state index contributed by atoms with van der Waals surface area (Å²) >= 11 is 0. The summed E-state index contributed by atoms with van der Waals surface area (Å²) in [7, 11) is -3.72. The first kappa shape index (κ1) is 23.0. The van der Waals surface area contributed by atoms with Gasteiger partial charge in [-0.1, -0.05) is 12.1 Å². The van der Waals surface area contributed by atoms with E-state index in [9.17, 15) is 18.5 Å². The molecule has 2 heterocycles. The molecule has 0 aliphatic carbocycles. The van der Waals surface area contributed by atoms with Crippen molar-refractivity contribution in [3.63, 3.8) is 0 Å². The lowest BCUT2D eigenvalue weighted by atomic mass is 10.1. The van der Waals surface area contributed by atoms with Crippen molar-refractivity contribution in [2.24, 2.45) is 0 Å². The highest BCUT2D eigenvalue weighted by molar-refractivity contribution is 7.89. The minimum atomic E-state index is -3.72. The van der Waals surface area contributed by atoms with Crippen molar-refractivity contribution < 1.29 is 17.9 Å². The Labute approximate surface area is 194 Å². The van der Waals surface area contributed by atoms with Gasteiger partial charge in [0, 0.05) is 26.2 Å². The molecule has 2 fully saturated rings. The van der Waals surface area contributed by atoms with Gasteiger partial charge in [-0.25, -0.2) is 13.2 Å². The second-order valence-corrected chi connectivity index (χ2v) is 9.92. The summed E-state index contributed by atoms with van der Waals surface area (Å²) in [6, 6.07) is 13.1. The zero-order chi connectivity index (χ0) is 23.3. The van der Waals surface area contributed by atoms with Gasteiger partial charge in [0.05, 0.1) is 40.7 Å². The van der Waals surface area contributed by atoms with Gasteiger partial charge < -0.3 is 20.3 Å². The van der Waals surface area contributed by atoms with Gasteiger partial charge in [-0.05, 0) is 49.6 Å². The van der Waals surface area contributed by atoms with Crippen molar-refractivity contribution in [2.45, 2.75) is 24.2 Å². The number of rotatable bonds is 5. The van der Waals surface area contributed by atoms with Crippen molar-refractivity contribution in [3.05, 3.63) is 48.0 Å². The summed E-state index contributed by atoms with van der Waals surface area (Å²) in [5, 5.41) is 14.8. The van der Waals surface area contributed by atoms with E-state index in [0.29, 0.717) is 43.2 Å². The number of morpholine rings is 1. The number of nitrogens with one attached hydrogen (secondary N) is 2. The number of piperidine rings is 1. The first-order chi connectivity index (χ1) is 16.0. The largest absolute Gasteiger partial charge is 0.379 e. The normalized spacial score (nSPS) is 17.2. The van der Waals surface area contributed by atoms with E-state index in [1.165, 1.54) is 10.4 Å². The fourth-order valence-corrected chi connectivity index (χ4v) is 5.52. The molecule has 0 radical (unpaired) electrons. The summed E-state index contributed by atoms with van der Waals surface area (Å²) in [5.41, 5.74) is 1.92. The molecule has 0 spiro atoms. The second kappa shape index (κ2) is 10.2. The third-order valence-electron chi connectivity index (χ3n) is 5.82. The number of para-hydroxylation sites is 1. The fourth-order valence-electron chi connectivity index (χ4n) is 4.09. The van der Waals surface area contributed by atoms with Crippen LogP contribution >= 0.6 is 0 Å². The Morgan fingerprint density at radius 1 is 0.939 bits per heavy atom. The lowest BCUT2D eigenvalue weighted by Crippen LogP contribution is -2.40. The zero-order valence-electron chi connectivity index (χ0n) is 18.3. The third kappa shape index (κ3) is 5.27. The molecule has 2 aromatic rings. The average molecular weight is 470 g/mol. The summed E-state index contributed by atoms with van der Waals surface area (Å²) in [6.07, 6.45) is 3.22. The van der Waals surface area contributed by atoms with E-state index in [0.717, 1.165) is 38.0 Å². The number of carbonyl (C=O) groups excluding carboxylic acids is 1. The molecule has 2 aromatic carbocycles. The van der Waals surface area contributed by atoms with Crippen molar-refractivity contribution in [2.75, 3.05) is 54.9 Å². The van der Waals surface area contributed by atoms with Crippen LogP contribution in [0.1, 0.15) is 24.8 Å². The molecule has 2 aliphatic rings. The number of anilines is 3. The van der Waals surface area contributed by atoms with Gasteiger partial charge in [-0.2, -0.15) is 9.57 Å². The molecule has 2 saturated heterocycles. The molecule has 0 unspecified atom stereocenters. The minimum absolute atomic E-state index is 0.123. The second-order valence-electron chi connectivity index (χ2n) is 7.98. The predicted molar refractivity (Wildman–Crippen MR) is 126 cm³/mol. The number of ether oxygens (including phenoxy) is 1. The Balaban J connectivity index is 1.63. The van der Waals surface area contributed by atoms with Gasteiger partial charge >= 0.3 is 6.03 Å². The molecule has 2 amide bonds. The number of nitriles is 1. The van der Waals surface area contributed by atoms with Crippen LogP contribution < -0.4 is 15.5 Å².